The molecule has 0 radical (unpaired) electrons. The minimum absolute atomic E-state index is 0.0113. The van der Waals surface area contributed by atoms with Crippen molar-refractivity contribution in [2.45, 2.75) is 52.7 Å². The molecule has 0 spiro atoms. The molecule has 0 amide bonds. The number of rotatable bonds is 9. The van der Waals surface area contributed by atoms with Gasteiger partial charge in [-0.05, 0) is 70.1 Å². The van der Waals surface area contributed by atoms with Gasteiger partial charge < -0.3 is 14.2 Å². The summed E-state index contributed by atoms with van der Waals surface area (Å²) in [5.74, 6) is 2.56. The number of nitrogens with zero attached hydrogens (tertiary/aromatic N) is 4. The molecule has 0 saturated heterocycles. The van der Waals surface area contributed by atoms with Crippen molar-refractivity contribution in [3.8, 4) is 34.7 Å². The van der Waals surface area contributed by atoms with Crippen LogP contribution in [0.5, 0.6) is 5.75 Å². The van der Waals surface area contributed by atoms with Crippen LogP contribution in [-0.2, 0) is 6.42 Å². The Balaban J connectivity index is 0.00000167. The second-order valence-corrected chi connectivity index (χ2v) is 9.58. The lowest BCUT2D eigenvalue weighted by Gasteiger charge is -2.15. The van der Waals surface area contributed by atoms with Gasteiger partial charge in [-0.2, -0.15) is 10.2 Å². The van der Waals surface area contributed by atoms with Gasteiger partial charge in [0.15, 0.2) is 0 Å². The third-order valence-electron chi connectivity index (χ3n) is 5.51. The Morgan fingerprint density at radius 1 is 1.26 bits per heavy atom. The Hall–Kier alpha value is -2.86. The first-order chi connectivity index (χ1) is 17.0. The molecule has 1 atom stereocenters. The van der Waals surface area contributed by atoms with Gasteiger partial charge in [-0.1, -0.05) is 49.2 Å². The van der Waals surface area contributed by atoms with Gasteiger partial charge in [-0.3, -0.25) is 4.72 Å². The molecule has 4 rings (SSSR count). The first-order valence-electron chi connectivity index (χ1n) is 12.2. The Kier molecular flexibility index (Phi) is 9.73. The second-order valence-electron chi connectivity index (χ2n) is 8.65. The minimum Gasteiger partial charge on any atom is -0.490 e. The maximum atomic E-state index is 9.51. The third kappa shape index (κ3) is 6.63. The van der Waals surface area contributed by atoms with Crippen molar-refractivity contribution < 1.29 is 9.26 Å². The quantitative estimate of drug-likeness (QED) is 0.292. The lowest BCUT2D eigenvalue weighted by atomic mass is 10.0. The van der Waals surface area contributed by atoms with Crippen molar-refractivity contribution in [2.24, 2.45) is 0 Å². The molecule has 2 aromatic carbocycles. The summed E-state index contributed by atoms with van der Waals surface area (Å²) >= 11 is 1.78. The van der Waals surface area contributed by atoms with Gasteiger partial charge in [0.05, 0.1) is 11.7 Å². The number of benzene rings is 2. The lowest BCUT2D eigenvalue weighted by Crippen LogP contribution is -2.18. The van der Waals surface area contributed by atoms with Gasteiger partial charge in [0.25, 0.3) is 5.89 Å². The summed E-state index contributed by atoms with van der Waals surface area (Å²) in [6.45, 7) is 8.90. The molecule has 1 heterocycles. The van der Waals surface area contributed by atoms with E-state index in [0.29, 0.717) is 34.6 Å². The molecule has 0 saturated carbocycles. The van der Waals surface area contributed by atoms with E-state index in [1.807, 2.05) is 33.8 Å². The van der Waals surface area contributed by atoms with E-state index < -0.39 is 0 Å². The molecule has 3 aromatic rings. The molecule has 1 N–H and O–H groups in total. The number of ether oxygens (including phenoxy) is 1. The van der Waals surface area contributed by atoms with E-state index in [-0.39, 0.29) is 6.10 Å². The predicted octanol–water partition coefficient (Wildman–Crippen LogP) is 5.88. The monoisotopic (exact) mass is 493 g/mol. The standard InChI is InChI=1S/C25H29N5O2S.C2H6/c1-16(2)31-23-11-8-17(14-18(23)15-26)25-27-24(28-32-25)21-7-5-6-20-19(21)9-10-22(20)29-33-13-12-30(3)4;1-2/h5-8,11,14,16,22,29H,9-10,12-13H2,1-4H3;1-2H3. The van der Waals surface area contributed by atoms with Crippen molar-refractivity contribution >= 4 is 11.9 Å². The van der Waals surface area contributed by atoms with Crippen molar-refractivity contribution in [3.63, 3.8) is 0 Å². The number of hydrogen-bond acceptors (Lipinski definition) is 8. The molecular formula is C27H35N5O2S. The van der Waals surface area contributed by atoms with Crippen LogP contribution in [0.3, 0.4) is 0 Å². The maximum Gasteiger partial charge on any atom is 0.258 e. The van der Waals surface area contributed by atoms with Gasteiger partial charge in [-0.25, -0.2) is 0 Å². The van der Waals surface area contributed by atoms with E-state index >= 15 is 0 Å². The van der Waals surface area contributed by atoms with E-state index in [1.165, 1.54) is 11.1 Å². The Labute approximate surface area is 213 Å². The average Bonchev–Trinajstić information content (AvgIpc) is 3.50. The maximum absolute atomic E-state index is 9.51. The summed E-state index contributed by atoms with van der Waals surface area (Å²) in [7, 11) is 4.18. The van der Waals surface area contributed by atoms with E-state index in [4.69, 9.17) is 9.26 Å². The molecule has 186 valence electrons. The normalized spacial score (nSPS) is 14.4. The average molecular weight is 494 g/mol. The molecule has 7 nitrogen and oxygen atoms in total. The lowest BCUT2D eigenvalue weighted by molar-refractivity contribution is 0.241. The van der Waals surface area contributed by atoms with Crippen LogP contribution in [0.1, 0.15) is 56.8 Å². The molecule has 1 aliphatic carbocycles. The van der Waals surface area contributed by atoms with E-state index in [2.05, 4.69) is 58.1 Å². The Bertz CT molecular complexity index is 1150. The summed E-state index contributed by atoms with van der Waals surface area (Å²) in [5.41, 5.74) is 4.73. The van der Waals surface area contributed by atoms with Gasteiger partial charge in [0.1, 0.15) is 11.8 Å². The summed E-state index contributed by atoms with van der Waals surface area (Å²) in [5, 5.41) is 13.8. The molecule has 0 bridgehead atoms. The summed E-state index contributed by atoms with van der Waals surface area (Å²) in [6.07, 6.45) is 2.01. The van der Waals surface area contributed by atoms with Crippen molar-refractivity contribution in [1.29, 1.82) is 5.26 Å². The number of nitrogens with one attached hydrogen (secondary N) is 1. The molecule has 35 heavy (non-hydrogen) atoms. The summed E-state index contributed by atoms with van der Waals surface area (Å²) in [4.78, 5) is 6.84. The fourth-order valence-corrected chi connectivity index (χ4v) is 4.95. The van der Waals surface area contributed by atoms with Crippen LogP contribution in [-0.4, -0.2) is 47.5 Å². The van der Waals surface area contributed by atoms with Gasteiger partial charge in [-0.15, -0.1) is 0 Å². The highest BCUT2D eigenvalue weighted by atomic mass is 32.2. The molecular weight excluding hydrogens is 458 g/mol. The third-order valence-corrected chi connectivity index (χ3v) is 6.35. The molecule has 1 aromatic heterocycles. The Morgan fingerprint density at radius 3 is 2.77 bits per heavy atom. The van der Waals surface area contributed by atoms with E-state index in [1.54, 1.807) is 24.1 Å². The first-order valence-corrected chi connectivity index (χ1v) is 13.1. The zero-order chi connectivity index (χ0) is 25.4. The topological polar surface area (TPSA) is 87.2 Å². The first kappa shape index (κ1) is 26.7. The highest BCUT2D eigenvalue weighted by Crippen LogP contribution is 2.38. The van der Waals surface area contributed by atoms with E-state index in [0.717, 1.165) is 30.7 Å². The smallest absolute Gasteiger partial charge is 0.258 e. The minimum atomic E-state index is -0.0113. The highest BCUT2D eigenvalue weighted by Gasteiger charge is 2.26. The summed E-state index contributed by atoms with van der Waals surface area (Å²) in [6, 6.07) is 14.2. The molecule has 0 fully saturated rings. The van der Waals surface area contributed by atoms with Crippen molar-refractivity contribution in [1.82, 2.24) is 19.8 Å². The van der Waals surface area contributed by atoms with Crippen LogP contribution in [0.2, 0.25) is 0 Å². The van der Waals surface area contributed by atoms with Crippen LogP contribution in [0.15, 0.2) is 40.9 Å². The molecule has 8 heteroatoms. The van der Waals surface area contributed by atoms with Crippen LogP contribution in [0.25, 0.3) is 22.8 Å². The zero-order valence-electron chi connectivity index (χ0n) is 21.5. The van der Waals surface area contributed by atoms with Gasteiger partial charge >= 0.3 is 0 Å². The zero-order valence-corrected chi connectivity index (χ0v) is 22.3. The fourth-order valence-electron chi connectivity index (χ4n) is 3.93. The van der Waals surface area contributed by atoms with Crippen molar-refractivity contribution in [2.75, 3.05) is 26.4 Å². The van der Waals surface area contributed by atoms with Gasteiger partial charge in [0, 0.05) is 29.5 Å². The molecule has 0 aliphatic heterocycles. The Morgan fingerprint density at radius 2 is 2.06 bits per heavy atom. The number of hydrogen-bond donors (Lipinski definition) is 1. The SMILES string of the molecule is CC.CC(C)Oc1ccc(-c2nc(-c3cccc4c3CCC4NSCCN(C)C)no2)cc1C#N. The number of nitriles is 1. The second kappa shape index (κ2) is 12.7. The number of fused-ring (bicyclic) bond motifs is 1. The highest BCUT2D eigenvalue weighted by molar-refractivity contribution is 7.97. The number of aromatic nitrogens is 2. The molecule has 1 unspecified atom stereocenters. The van der Waals surface area contributed by atoms with E-state index in [9.17, 15) is 5.26 Å². The largest absolute Gasteiger partial charge is 0.490 e. The predicted molar refractivity (Wildman–Crippen MR) is 142 cm³/mol. The summed E-state index contributed by atoms with van der Waals surface area (Å²) < 4.78 is 14.9. The van der Waals surface area contributed by atoms with Gasteiger partial charge in [0.2, 0.25) is 5.82 Å². The van der Waals surface area contributed by atoms with Crippen LogP contribution < -0.4 is 9.46 Å². The fraction of sp³-hybridized carbons (Fsp3) is 0.444. The van der Waals surface area contributed by atoms with Crippen LogP contribution in [0.4, 0.5) is 0 Å². The van der Waals surface area contributed by atoms with Crippen LogP contribution >= 0.6 is 11.9 Å². The van der Waals surface area contributed by atoms with Crippen LogP contribution in [0, 0.1) is 11.3 Å². The van der Waals surface area contributed by atoms with Crippen molar-refractivity contribution in [3.05, 3.63) is 53.1 Å². The molecule has 1 aliphatic rings.